The molecule has 0 amide bonds. The molecule has 1 N–H and O–H groups in total. The second-order valence-corrected chi connectivity index (χ2v) is 2.18. The fourth-order valence-corrected chi connectivity index (χ4v) is 0.543. The highest BCUT2D eigenvalue weighted by Gasteiger charge is 1.94. The van der Waals surface area contributed by atoms with Gasteiger partial charge in [-0.2, -0.15) is 0 Å². The van der Waals surface area contributed by atoms with Crippen LogP contribution in [0.4, 0.5) is 0 Å². The van der Waals surface area contributed by atoms with Crippen LogP contribution in [0, 0.1) is 0 Å². The summed E-state index contributed by atoms with van der Waals surface area (Å²) in [4.78, 5) is 0. The highest BCUT2D eigenvalue weighted by Crippen LogP contribution is 1.97. The van der Waals surface area contributed by atoms with Crippen LogP contribution < -0.4 is 5.32 Å². The van der Waals surface area contributed by atoms with Gasteiger partial charge < -0.3 is 10.1 Å². The van der Waals surface area contributed by atoms with Gasteiger partial charge in [-0.15, -0.1) is 0 Å². The lowest BCUT2D eigenvalue weighted by Gasteiger charge is -2.11. The van der Waals surface area contributed by atoms with Gasteiger partial charge in [0, 0.05) is 7.05 Å². The molecule has 0 aliphatic carbocycles. The largest absolute Gasteiger partial charge is 0.477 e. The fourth-order valence-electron chi connectivity index (χ4n) is 0.543. The minimum absolute atomic E-state index is 0.207. The molecule has 0 rings (SSSR count). The third-order valence-electron chi connectivity index (χ3n) is 0.878. The molecule has 0 aromatic heterocycles. The van der Waals surface area contributed by atoms with Crippen LogP contribution in [0.5, 0.6) is 0 Å². The molecule has 0 fully saturated rings. The van der Waals surface area contributed by atoms with Crippen molar-refractivity contribution in [2.45, 2.75) is 20.0 Å². The second kappa shape index (κ2) is 4.91. The topological polar surface area (TPSA) is 21.3 Å². The molecule has 0 saturated carbocycles. The molecule has 10 heavy (non-hydrogen) atoms. The number of nitrogens with one attached hydrogen (secondary N) is 1. The van der Waals surface area contributed by atoms with Gasteiger partial charge in [0.2, 0.25) is 0 Å². The zero-order valence-corrected chi connectivity index (χ0v) is 6.85. The van der Waals surface area contributed by atoms with Crippen LogP contribution in [0.1, 0.15) is 13.8 Å². The van der Waals surface area contributed by atoms with Gasteiger partial charge in [-0.1, -0.05) is 12.7 Å². The van der Waals surface area contributed by atoms with Crippen LogP contribution in [0.3, 0.4) is 0 Å². The third kappa shape index (κ3) is 4.01. The van der Waals surface area contributed by atoms with Crippen molar-refractivity contribution in [3.05, 3.63) is 24.6 Å². The summed E-state index contributed by atoms with van der Waals surface area (Å²) >= 11 is 0. The van der Waals surface area contributed by atoms with Crippen molar-refractivity contribution in [1.29, 1.82) is 0 Å². The fraction of sp³-hybridized carbons (Fsp3) is 0.500. The molecule has 2 heteroatoms. The summed E-state index contributed by atoms with van der Waals surface area (Å²) in [6.07, 6.45) is 3.69. The van der Waals surface area contributed by atoms with Crippen molar-refractivity contribution >= 4 is 0 Å². The van der Waals surface area contributed by atoms with E-state index in [1.807, 2.05) is 20.9 Å². The van der Waals surface area contributed by atoms with E-state index in [-0.39, 0.29) is 6.10 Å². The SMILES string of the molecule is C=C/C=C(\NC)OC(C)C. The number of hydrogen-bond acceptors (Lipinski definition) is 2. The maximum absolute atomic E-state index is 5.32. The predicted octanol–water partition coefficient (Wildman–Crippen LogP) is 1.66. The lowest BCUT2D eigenvalue weighted by molar-refractivity contribution is 0.134. The van der Waals surface area contributed by atoms with E-state index in [2.05, 4.69) is 11.9 Å². The van der Waals surface area contributed by atoms with E-state index in [9.17, 15) is 0 Å². The van der Waals surface area contributed by atoms with Crippen molar-refractivity contribution in [3.8, 4) is 0 Å². The Bertz CT molecular complexity index is 127. The molecule has 0 aliphatic heterocycles. The van der Waals surface area contributed by atoms with Gasteiger partial charge in [-0.3, -0.25) is 0 Å². The Morgan fingerprint density at radius 1 is 1.60 bits per heavy atom. The zero-order chi connectivity index (χ0) is 7.98. The molecule has 0 spiro atoms. The standard InChI is InChI=1S/C8H15NO/c1-5-6-8(9-4)10-7(2)3/h5-7,9H,1H2,2-4H3/b8-6+. The van der Waals surface area contributed by atoms with Crippen molar-refractivity contribution in [2.24, 2.45) is 0 Å². The van der Waals surface area contributed by atoms with Gasteiger partial charge >= 0.3 is 0 Å². The lowest BCUT2D eigenvalue weighted by Crippen LogP contribution is -2.13. The van der Waals surface area contributed by atoms with E-state index in [0.29, 0.717) is 0 Å². The van der Waals surface area contributed by atoms with Crippen LogP contribution in [0.15, 0.2) is 24.6 Å². The molecule has 0 atom stereocenters. The maximum Gasteiger partial charge on any atom is 0.186 e. The van der Waals surface area contributed by atoms with Crippen molar-refractivity contribution in [3.63, 3.8) is 0 Å². The first-order valence-corrected chi connectivity index (χ1v) is 3.37. The van der Waals surface area contributed by atoms with E-state index in [4.69, 9.17) is 4.74 Å². The Balaban J connectivity index is 3.82. The lowest BCUT2D eigenvalue weighted by atomic mass is 10.5. The molecular formula is C8H15NO. The van der Waals surface area contributed by atoms with Gasteiger partial charge in [0.05, 0.1) is 6.10 Å². The minimum Gasteiger partial charge on any atom is -0.477 e. The van der Waals surface area contributed by atoms with E-state index in [0.717, 1.165) is 5.88 Å². The molecule has 0 aromatic rings. The quantitative estimate of drug-likeness (QED) is 0.475. The van der Waals surface area contributed by atoms with Crippen molar-refractivity contribution < 1.29 is 4.74 Å². The van der Waals surface area contributed by atoms with E-state index >= 15 is 0 Å². The van der Waals surface area contributed by atoms with E-state index in [1.54, 1.807) is 12.2 Å². The zero-order valence-electron chi connectivity index (χ0n) is 6.85. The number of ether oxygens (including phenoxy) is 1. The first-order valence-electron chi connectivity index (χ1n) is 3.37. The molecule has 0 heterocycles. The average Bonchev–Trinajstić information content (AvgIpc) is 1.86. The number of rotatable bonds is 4. The summed E-state index contributed by atoms with van der Waals surface area (Å²) in [5, 5.41) is 2.90. The van der Waals surface area contributed by atoms with Gasteiger partial charge in [0.1, 0.15) is 0 Å². The van der Waals surface area contributed by atoms with Crippen LogP contribution in [-0.4, -0.2) is 13.2 Å². The summed E-state index contributed by atoms with van der Waals surface area (Å²) in [7, 11) is 1.82. The number of hydrogen-bond donors (Lipinski definition) is 1. The van der Waals surface area contributed by atoms with E-state index < -0.39 is 0 Å². The Hall–Kier alpha value is -0.920. The van der Waals surface area contributed by atoms with Crippen LogP contribution >= 0.6 is 0 Å². The Morgan fingerprint density at radius 2 is 2.20 bits per heavy atom. The Labute approximate surface area is 62.6 Å². The molecule has 0 aliphatic rings. The highest BCUT2D eigenvalue weighted by molar-refractivity contribution is 5.02. The summed E-state index contributed by atoms with van der Waals surface area (Å²) < 4.78 is 5.32. The molecule has 0 saturated heterocycles. The minimum atomic E-state index is 0.207. The first-order chi connectivity index (χ1) is 4.70. The van der Waals surface area contributed by atoms with Gasteiger partial charge in [0.15, 0.2) is 5.88 Å². The third-order valence-corrected chi connectivity index (χ3v) is 0.878. The van der Waals surface area contributed by atoms with Gasteiger partial charge in [-0.25, -0.2) is 0 Å². The van der Waals surface area contributed by atoms with Gasteiger partial charge in [-0.05, 0) is 19.9 Å². The molecule has 0 bridgehead atoms. The van der Waals surface area contributed by atoms with Crippen LogP contribution in [0.2, 0.25) is 0 Å². The van der Waals surface area contributed by atoms with E-state index in [1.165, 1.54) is 0 Å². The summed E-state index contributed by atoms with van der Waals surface area (Å²) in [6, 6.07) is 0. The monoisotopic (exact) mass is 141 g/mol. The predicted molar refractivity (Wildman–Crippen MR) is 43.6 cm³/mol. The molecule has 0 aromatic carbocycles. The smallest absolute Gasteiger partial charge is 0.186 e. The molecule has 0 unspecified atom stereocenters. The van der Waals surface area contributed by atoms with Crippen LogP contribution in [0.25, 0.3) is 0 Å². The number of allylic oxidation sites excluding steroid dienone is 2. The normalized spacial score (nSPS) is 11.4. The van der Waals surface area contributed by atoms with Crippen LogP contribution in [-0.2, 0) is 4.74 Å². The maximum atomic E-state index is 5.32. The molecule has 2 nitrogen and oxygen atoms in total. The molecule has 0 radical (unpaired) electrons. The van der Waals surface area contributed by atoms with Crippen molar-refractivity contribution in [2.75, 3.05) is 7.05 Å². The summed E-state index contributed by atoms with van der Waals surface area (Å²) in [6.45, 7) is 7.52. The first kappa shape index (κ1) is 9.08. The summed E-state index contributed by atoms with van der Waals surface area (Å²) in [5.74, 6) is 0.755. The second-order valence-electron chi connectivity index (χ2n) is 2.18. The average molecular weight is 141 g/mol. The Morgan fingerprint density at radius 3 is 2.50 bits per heavy atom. The Kier molecular flexibility index (Phi) is 4.46. The molecular weight excluding hydrogens is 126 g/mol. The highest BCUT2D eigenvalue weighted by atomic mass is 16.5. The van der Waals surface area contributed by atoms with Gasteiger partial charge in [0.25, 0.3) is 0 Å². The molecule has 58 valence electrons. The van der Waals surface area contributed by atoms with Crippen molar-refractivity contribution in [1.82, 2.24) is 5.32 Å². The summed E-state index contributed by atoms with van der Waals surface area (Å²) in [5.41, 5.74) is 0.